The Kier molecular flexibility index (Phi) is 3.30. The molecular weight excluding hydrogens is 309 g/mol. The van der Waals surface area contributed by atoms with Gasteiger partial charge in [0.25, 0.3) is 0 Å². The summed E-state index contributed by atoms with van der Waals surface area (Å²) in [5.41, 5.74) is 5.79. The van der Waals surface area contributed by atoms with Crippen LogP contribution in [-0.4, -0.2) is 4.98 Å². The lowest BCUT2D eigenvalue weighted by molar-refractivity contribution is -0.137. The number of nitrogen functional groups attached to an aromatic ring is 1. The fraction of sp³-hybridized carbons (Fsp3) is 0.0833. The lowest BCUT2D eigenvalue weighted by Gasteiger charge is -2.10. The molecule has 1 aromatic heterocycles. The SMILES string of the molecule is Nc1cc(Br)c(-c2cccc(C(F)(F)F)c2)cn1. The minimum absolute atomic E-state index is 0.303. The van der Waals surface area contributed by atoms with E-state index in [4.69, 9.17) is 5.73 Å². The van der Waals surface area contributed by atoms with Crippen LogP contribution >= 0.6 is 15.9 Å². The normalized spacial score (nSPS) is 11.6. The zero-order valence-electron chi connectivity index (χ0n) is 9.00. The van der Waals surface area contributed by atoms with Crippen molar-refractivity contribution in [2.45, 2.75) is 6.18 Å². The third kappa shape index (κ3) is 2.64. The molecule has 2 N–H and O–H groups in total. The maximum atomic E-state index is 12.6. The van der Waals surface area contributed by atoms with Gasteiger partial charge in [-0.2, -0.15) is 13.2 Å². The number of anilines is 1. The summed E-state index contributed by atoms with van der Waals surface area (Å²) in [6, 6.07) is 6.61. The highest BCUT2D eigenvalue weighted by molar-refractivity contribution is 9.10. The maximum absolute atomic E-state index is 12.6. The van der Waals surface area contributed by atoms with Crippen LogP contribution < -0.4 is 5.73 Å². The van der Waals surface area contributed by atoms with E-state index in [9.17, 15) is 13.2 Å². The van der Waals surface area contributed by atoms with Crippen LogP contribution in [0, 0.1) is 0 Å². The van der Waals surface area contributed by atoms with Crippen LogP contribution in [0.2, 0.25) is 0 Å². The van der Waals surface area contributed by atoms with Crippen LogP contribution in [0.15, 0.2) is 41.0 Å². The van der Waals surface area contributed by atoms with Gasteiger partial charge in [0.15, 0.2) is 0 Å². The molecule has 0 aliphatic rings. The number of hydrogen-bond donors (Lipinski definition) is 1. The van der Waals surface area contributed by atoms with Crippen LogP contribution in [0.5, 0.6) is 0 Å². The third-order valence-corrected chi connectivity index (χ3v) is 3.03. The molecule has 6 heteroatoms. The van der Waals surface area contributed by atoms with E-state index < -0.39 is 11.7 Å². The number of pyridine rings is 1. The van der Waals surface area contributed by atoms with E-state index in [1.165, 1.54) is 12.3 Å². The summed E-state index contributed by atoms with van der Waals surface area (Å²) >= 11 is 3.26. The molecule has 0 bridgehead atoms. The Labute approximate surface area is 110 Å². The number of hydrogen-bond acceptors (Lipinski definition) is 2. The molecule has 2 nitrogen and oxygen atoms in total. The van der Waals surface area contributed by atoms with Gasteiger partial charge in [0, 0.05) is 16.2 Å². The monoisotopic (exact) mass is 316 g/mol. The average Bonchev–Trinajstić information content (AvgIpc) is 2.28. The average molecular weight is 317 g/mol. The van der Waals surface area contributed by atoms with Gasteiger partial charge in [-0.15, -0.1) is 0 Å². The lowest BCUT2D eigenvalue weighted by atomic mass is 10.0. The highest BCUT2D eigenvalue weighted by atomic mass is 79.9. The second-order valence-electron chi connectivity index (χ2n) is 3.67. The van der Waals surface area contributed by atoms with Crippen molar-refractivity contribution in [3.05, 3.63) is 46.6 Å². The Bertz CT molecular complexity index is 582. The van der Waals surface area contributed by atoms with Crippen molar-refractivity contribution in [3.8, 4) is 11.1 Å². The molecule has 1 heterocycles. The van der Waals surface area contributed by atoms with Crippen molar-refractivity contribution in [2.75, 3.05) is 5.73 Å². The van der Waals surface area contributed by atoms with Crippen molar-refractivity contribution >= 4 is 21.7 Å². The highest BCUT2D eigenvalue weighted by Crippen LogP contribution is 2.34. The molecule has 18 heavy (non-hydrogen) atoms. The van der Waals surface area contributed by atoms with Gasteiger partial charge in [-0.25, -0.2) is 4.98 Å². The van der Waals surface area contributed by atoms with Gasteiger partial charge < -0.3 is 5.73 Å². The minimum atomic E-state index is -4.36. The molecule has 0 saturated carbocycles. The van der Waals surface area contributed by atoms with E-state index in [0.717, 1.165) is 12.1 Å². The number of nitrogens with two attached hydrogens (primary N) is 1. The number of halogens is 4. The smallest absolute Gasteiger partial charge is 0.384 e. The molecule has 1 aromatic carbocycles. The molecular formula is C12H8BrF3N2. The minimum Gasteiger partial charge on any atom is -0.384 e. The fourth-order valence-corrected chi connectivity index (χ4v) is 2.09. The first-order chi connectivity index (χ1) is 8.38. The Balaban J connectivity index is 2.51. The summed E-state index contributed by atoms with van der Waals surface area (Å²) in [7, 11) is 0. The fourth-order valence-electron chi connectivity index (χ4n) is 1.52. The van der Waals surface area contributed by atoms with Gasteiger partial charge in [0.05, 0.1) is 5.56 Å². The van der Waals surface area contributed by atoms with Crippen LogP contribution in [-0.2, 0) is 6.18 Å². The van der Waals surface area contributed by atoms with Crippen LogP contribution in [0.4, 0.5) is 19.0 Å². The molecule has 2 rings (SSSR count). The third-order valence-electron chi connectivity index (χ3n) is 2.38. The van der Waals surface area contributed by atoms with E-state index in [0.29, 0.717) is 21.4 Å². The molecule has 0 saturated heterocycles. The predicted molar refractivity (Wildman–Crippen MR) is 66.8 cm³/mol. The van der Waals surface area contributed by atoms with E-state index in [1.54, 1.807) is 12.1 Å². The standard InChI is InChI=1S/C12H8BrF3N2/c13-10-5-11(17)18-6-9(10)7-2-1-3-8(4-7)12(14,15)16/h1-6H,(H2,17,18). The number of rotatable bonds is 1. The van der Waals surface area contributed by atoms with E-state index >= 15 is 0 Å². The van der Waals surface area contributed by atoms with Crippen LogP contribution in [0.3, 0.4) is 0 Å². The number of aromatic nitrogens is 1. The van der Waals surface area contributed by atoms with Gasteiger partial charge >= 0.3 is 6.18 Å². The van der Waals surface area contributed by atoms with Crippen molar-refractivity contribution in [1.29, 1.82) is 0 Å². The quantitative estimate of drug-likeness (QED) is 0.859. The maximum Gasteiger partial charge on any atom is 0.416 e. The lowest BCUT2D eigenvalue weighted by Crippen LogP contribution is -2.04. The van der Waals surface area contributed by atoms with Gasteiger partial charge in [-0.3, -0.25) is 0 Å². The molecule has 0 atom stereocenters. The van der Waals surface area contributed by atoms with Crippen molar-refractivity contribution in [1.82, 2.24) is 4.98 Å². The first kappa shape index (κ1) is 12.9. The number of alkyl halides is 3. The topological polar surface area (TPSA) is 38.9 Å². The van der Waals surface area contributed by atoms with E-state index in [2.05, 4.69) is 20.9 Å². The van der Waals surface area contributed by atoms with Crippen LogP contribution in [0.25, 0.3) is 11.1 Å². The first-order valence-corrected chi connectivity index (χ1v) is 5.76. The predicted octanol–water partition coefficient (Wildman–Crippen LogP) is 4.11. The molecule has 94 valence electrons. The zero-order chi connectivity index (χ0) is 13.3. The zero-order valence-corrected chi connectivity index (χ0v) is 10.6. The summed E-state index contributed by atoms with van der Waals surface area (Å²) in [6.07, 6.45) is -2.92. The summed E-state index contributed by atoms with van der Waals surface area (Å²) < 4.78 is 38.4. The summed E-state index contributed by atoms with van der Waals surface area (Å²) in [5, 5.41) is 0. The Morgan fingerprint density at radius 3 is 2.50 bits per heavy atom. The summed E-state index contributed by atoms with van der Waals surface area (Å²) in [5.74, 6) is 0.303. The number of benzene rings is 1. The molecule has 0 radical (unpaired) electrons. The molecule has 0 fully saturated rings. The highest BCUT2D eigenvalue weighted by Gasteiger charge is 2.30. The first-order valence-electron chi connectivity index (χ1n) is 4.96. The Morgan fingerprint density at radius 2 is 1.89 bits per heavy atom. The van der Waals surface area contributed by atoms with Crippen LogP contribution in [0.1, 0.15) is 5.56 Å². The largest absolute Gasteiger partial charge is 0.416 e. The van der Waals surface area contributed by atoms with Crippen molar-refractivity contribution in [3.63, 3.8) is 0 Å². The summed E-state index contributed by atoms with van der Waals surface area (Å²) in [6.45, 7) is 0. The molecule has 2 aromatic rings. The Hall–Kier alpha value is -1.56. The van der Waals surface area contributed by atoms with Gasteiger partial charge in [0.1, 0.15) is 5.82 Å². The number of nitrogens with zero attached hydrogens (tertiary/aromatic N) is 1. The molecule has 0 aliphatic heterocycles. The van der Waals surface area contributed by atoms with E-state index in [1.807, 2.05) is 0 Å². The van der Waals surface area contributed by atoms with Gasteiger partial charge in [-0.1, -0.05) is 12.1 Å². The van der Waals surface area contributed by atoms with Crippen molar-refractivity contribution < 1.29 is 13.2 Å². The van der Waals surface area contributed by atoms with E-state index in [-0.39, 0.29) is 0 Å². The van der Waals surface area contributed by atoms with Crippen molar-refractivity contribution in [2.24, 2.45) is 0 Å². The second kappa shape index (κ2) is 4.61. The molecule has 0 spiro atoms. The summed E-state index contributed by atoms with van der Waals surface area (Å²) in [4.78, 5) is 3.87. The molecule has 0 unspecified atom stereocenters. The molecule has 0 aliphatic carbocycles. The second-order valence-corrected chi connectivity index (χ2v) is 4.52. The van der Waals surface area contributed by atoms with Gasteiger partial charge in [-0.05, 0) is 39.7 Å². The van der Waals surface area contributed by atoms with Gasteiger partial charge in [0.2, 0.25) is 0 Å². The Morgan fingerprint density at radius 1 is 1.17 bits per heavy atom. The molecule has 0 amide bonds.